The summed E-state index contributed by atoms with van der Waals surface area (Å²) in [6, 6.07) is 9.06. The number of nitrogens with one attached hydrogen (secondary N) is 1. The van der Waals surface area contributed by atoms with Gasteiger partial charge in [-0.15, -0.1) is 0 Å². The number of benzene rings is 2. The minimum absolute atomic E-state index is 0.159. The molecule has 248 valence electrons. The monoisotopic (exact) mass is 680 g/mol. The van der Waals surface area contributed by atoms with Crippen LogP contribution in [0.5, 0.6) is 17.2 Å². The normalized spacial score (nSPS) is 15.8. The first-order valence-electron chi connectivity index (χ1n) is 15.5. The van der Waals surface area contributed by atoms with E-state index < -0.39 is 0 Å². The molecule has 1 fully saturated rings. The summed E-state index contributed by atoms with van der Waals surface area (Å²) >= 11 is 12.7. The molecule has 2 aliphatic rings. The molecule has 3 heterocycles. The van der Waals surface area contributed by atoms with E-state index in [1.54, 1.807) is 39.2 Å². The van der Waals surface area contributed by atoms with E-state index in [9.17, 15) is 14.9 Å². The molecule has 0 unspecified atom stereocenters. The molecule has 47 heavy (non-hydrogen) atoms. The first-order chi connectivity index (χ1) is 22.6. The highest BCUT2D eigenvalue weighted by atomic mass is 35.5. The lowest BCUT2D eigenvalue weighted by Crippen LogP contribution is -2.47. The minimum atomic E-state index is -0.159. The van der Waals surface area contributed by atoms with E-state index in [4.69, 9.17) is 37.4 Å². The van der Waals surface area contributed by atoms with Crippen LogP contribution in [0.1, 0.15) is 32.3 Å². The molecule has 1 aromatic heterocycles. The van der Waals surface area contributed by atoms with Crippen molar-refractivity contribution in [2.45, 2.75) is 26.7 Å². The van der Waals surface area contributed by atoms with Crippen LogP contribution >= 0.6 is 23.2 Å². The van der Waals surface area contributed by atoms with Crippen molar-refractivity contribution < 1.29 is 23.8 Å². The number of anilines is 2. The fourth-order valence-electron chi connectivity index (χ4n) is 5.79. The van der Waals surface area contributed by atoms with Crippen LogP contribution in [0.2, 0.25) is 10.0 Å². The second kappa shape index (κ2) is 15.2. The van der Waals surface area contributed by atoms with Crippen LogP contribution in [-0.4, -0.2) is 98.1 Å². The van der Waals surface area contributed by atoms with E-state index in [1.807, 2.05) is 6.07 Å². The van der Waals surface area contributed by atoms with Crippen molar-refractivity contribution in [3.8, 4) is 23.3 Å². The van der Waals surface area contributed by atoms with Crippen molar-refractivity contribution in [1.82, 2.24) is 19.7 Å². The number of hydrogen-bond donors (Lipinski definition) is 1. The maximum absolute atomic E-state index is 12.3. The molecule has 1 saturated heterocycles. The average molecular weight is 682 g/mol. The number of rotatable bonds is 13. The number of methoxy groups -OCH3 is 2. The molecule has 2 aromatic carbocycles. The molecular weight excluding hydrogens is 643 g/mol. The number of nitrogens with zero attached hydrogens (tertiary/aromatic N) is 5. The zero-order chi connectivity index (χ0) is 33.7. The Morgan fingerprint density at radius 3 is 2.11 bits per heavy atom. The highest BCUT2D eigenvalue weighted by molar-refractivity contribution is 6.37. The van der Waals surface area contributed by atoms with Gasteiger partial charge in [-0.3, -0.25) is 19.5 Å². The number of piperazine rings is 1. The van der Waals surface area contributed by atoms with Gasteiger partial charge in [-0.05, 0) is 45.4 Å². The zero-order valence-corrected chi connectivity index (χ0v) is 28.5. The van der Waals surface area contributed by atoms with Crippen LogP contribution in [-0.2, 0) is 9.59 Å². The third kappa shape index (κ3) is 7.57. The topological polar surface area (TPSA) is 120 Å². The summed E-state index contributed by atoms with van der Waals surface area (Å²) in [5, 5.41) is 14.5. The lowest BCUT2D eigenvalue weighted by atomic mass is 10.1. The first kappa shape index (κ1) is 34.3. The molecule has 0 bridgehead atoms. The van der Waals surface area contributed by atoms with Gasteiger partial charge in [0.25, 0.3) is 11.8 Å². The molecule has 2 aliphatic heterocycles. The maximum atomic E-state index is 12.3. The molecule has 5 rings (SSSR count). The smallest absolute Gasteiger partial charge is 0.256 e. The first-order valence-corrected chi connectivity index (χ1v) is 16.2. The number of imide groups is 1. The third-order valence-electron chi connectivity index (χ3n) is 8.67. The van der Waals surface area contributed by atoms with Gasteiger partial charge in [-0.1, -0.05) is 23.2 Å². The SMILES string of the molecule is COc1cc(Nc2c(C#N)cnc3cc(OCCCN4CCN(CCCN5C(=O)C(C)=C(C)C5=O)CC4)c(OC)cc23)c(Cl)cc1Cl. The van der Waals surface area contributed by atoms with E-state index in [0.717, 1.165) is 52.1 Å². The molecule has 1 N–H and O–H groups in total. The minimum Gasteiger partial charge on any atom is -0.495 e. The van der Waals surface area contributed by atoms with Gasteiger partial charge >= 0.3 is 0 Å². The lowest BCUT2D eigenvalue weighted by molar-refractivity contribution is -0.137. The van der Waals surface area contributed by atoms with Crippen LogP contribution in [0.4, 0.5) is 11.4 Å². The molecule has 2 amide bonds. The Morgan fingerprint density at radius 1 is 0.851 bits per heavy atom. The molecule has 0 atom stereocenters. The second-order valence-electron chi connectivity index (χ2n) is 11.5. The summed E-state index contributed by atoms with van der Waals surface area (Å²) in [5.41, 5.74) is 3.11. The number of aromatic nitrogens is 1. The van der Waals surface area contributed by atoms with Crippen molar-refractivity contribution in [2.24, 2.45) is 0 Å². The molecule has 0 aliphatic carbocycles. The highest BCUT2D eigenvalue weighted by Crippen LogP contribution is 2.40. The Bertz CT molecular complexity index is 1730. The highest BCUT2D eigenvalue weighted by Gasteiger charge is 2.32. The van der Waals surface area contributed by atoms with Crippen LogP contribution in [0.25, 0.3) is 10.9 Å². The van der Waals surface area contributed by atoms with Crippen LogP contribution < -0.4 is 19.5 Å². The Labute approximate surface area is 284 Å². The molecule has 0 radical (unpaired) electrons. The number of ether oxygens (including phenoxy) is 3. The van der Waals surface area contributed by atoms with Crippen molar-refractivity contribution in [2.75, 3.05) is 72.0 Å². The summed E-state index contributed by atoms with van der Waals surface area (Å²) in [5.74, 6) is 1.21. The summed E-state index contributed by atoms with van der Waals surface area (Å²) in [7, 11) is 3.09. The number of pyridine rings is 1. The standard InChI is InChI=1S/C34H38Cl2N6O5/c1-21-22(2)34(44)42(33(21)43)9-5-7-40-10-12-41(13-11-40)8-6-14-47-31-17-27-24(15-30(31)46-4)32(23(19-37)20-38-27)39-28-18-29(45-3)26(36)16-25(28)35/h15-18,20H,5-14H2,1-4H3,(H,38,39). The van der Waals surface area contributed by atoms with Gasteiger partial charge in [0, 0.05) is 74.1 Å². The van der Waals surface area contributed by atoms with Gasteiger partial charge in [-0.2, -0.15) is 5.26 Å². The van der Waals surface area contributed by atoms with E-state index in [1.165, 1.54) is 18.2 Å². The summed E-state index contributed by atoms with van der Waals surface area (Å²) in [6.45, 7) is 9.93. The summed E-state index contributed by atoms with van der Waals surface area (Å²) in [4.78, 5) is 35.2. The van der Waals surface area contributed by atoms with E-state index in [2.05, 4.69) is 26.2 Å². The molecule has 11 nitrogen and oxygen atoms in total. The second-order valence-corrected chi connectivity index (χ2v) is 12.3. The van der Waals surface area contributed by atoms with E-state index in [0.29, 0.717) is 79.4 Å². The number of hydrogen-bond acceptors (Lipinski definition) is 10. The number of fused-ring (bicyclic) bond motifs is 1. The van der Waals surface area contributed by atoms with Crippen LogP contribution in [0.3, 0.4) is 0 Å². The predicted molar refractivity (Wildman–Crippen MR) is 182 cm³/mol. The average Bonchev–Trinajstić information content (AvgIpc) is 3.26. The lowest BCUT2D eigenvalue weighted by Gasteiger charge is -2.34. The molecule has 13 heteroatoms. The van der Waals surface area contributed by atoms with Crippen molar-refractivity contribution >= 4 is 57.3 Å². The van der Waals surface area contributed by atoms with Crippen molar-refractivity contribution in [3.63, 3.8) is 0 Å². The zero-order valence-electron chi connectivity index (χ0n) is 27.0. The van der Waals surface area contributed by atoms with Gasteiger partial charge in [0.15, 0.2) is 11.5 Å². The molecule has 3 aromatic rings. The molecule has 0 saturated carbocycles. The van der Waals surface area contributed by atoms with Crippen molar-refractivity contribution in [3.05, 3.63) is 57.2 Å². The van der Waals surface area contributed by atoms with Crippen LogP contribution in [0, 0.1) is 11.3 Å². The van der Waals surface area contributed by atoms with E-state index in [-0.39, 0.29) is 11.8 Å². The van der Waals surface area contributed by atoms with Crippen LogP contribution in [0.15, 0.2) is 41.6 Å². The largest absolute Gasteiger partial charge is 0.495 e. The Kier molecular flexibility index (Phi) is 11.1. The fraction of sp³-hybridized carbons (Fsp3) is 0.412. The Morgan fingerprint density at radius 2 is 1.49 bits per heavy atom. The van der Waals surface area contributed by atoms with Gasteiger partial charge in [0.05, 0.1) is 53.3 Å². The van der Waals surface area contributed by atoms with Gasteiger partial charge in [0.1, 0.15) is 11.8 Å². The summed E-state index contributed by atoms with van der Waals surface area (Å²) < 4.78 is 17.2. The fourth-order valence-corrected chi connectivity index (χ4v) is 6.30. The van der Waals surface area contributed by atoms with E-state index >= 15 is 0 Å². The van der Waals surface area contributed by atoms with Gasteiger partial charge < -0.3 is 29.3 Å². The number of nitriles is 1. The number of halogens is 2. The maximum Gasteiger partial charge on any atom is 0.256 e. The van der Waals surface area contributed by atoms with Crippen molar-refractivity contribution in [1.29, 1.82) is 5.26 Å². The Balaban J connectivity index is 1.14. The Hall–Kier alpha value is -4.08. The number of amides is 2. The summed E-state index contributed by atoms with van der Waals surface area (Å²) in [6.07, 6.45) is 3.11. The molecule has 0 spiro atoms. The third-order valence-corrected chi connectivity index (χ3v) is 9.27. The van der Waals surface area contributed by atoms with Gasteiger partial charge in [0.2, 0.25) is 0 Å². The quantitative estimate of drug-likeness (QED) is 0.179. The van der Waals surface area contributed by atoms with Gasteiger partial charge in [-0.25, -0.2) is 0 Å². The number of carbonyl (C=O) groups is 2. The predicted octanol–water partition coefficient (Wildman–Crippen LogP) is 5.66. The molecular formula is C34H38Cl2N6O5. The number of carbonyl (C=O) groups excluding carboxylic acids is 2.